The lowest BCUT2D eigenvalue weighted by Gasteiger charge is -2.14. The first-order valence-corrected chi connectivity index (χ1v) is 7.12. The number of hydrogen-bond acceptors (Lipinski definition) is 3. The third kappa shape index (κ3) is 10.3. The van der Waals surface area contributed by atoms with E-state index in [4.69, 9.17) is 4.74 Å². The summed E-state index contributed by atoms with van der Waals surface area (Å²) in [7, 11) is 0. The molecular formula is C13H26O2S. The second-order valence-corrected chi connectivity index (χ2v) is 4.69. The Morgan fingerprint density at radius 3 is 2.19 bits per heavy atom. The molecule has 0 aromatic carbocycles. The summed E-state index contributed by atoms with van der Waals surface area (Å²) in [5.74, 6) is 0.442. The summed E-state index contributed by atoms with van der Waals surface area (Å²) in [5, 5.41) is 0. The summed E-state index contributed by atoms with van der Waals surface area (Å²) in [6.07, 6.45) is 10.0. The molecule has 0 heterocycles. The summed E-state index contributed by atoms with van der Waals surface area (Å²) in [6, 6.07) is 0. The average Bonchev–Trinajstić information content (AvgIpc) is 2.25. The normalized spacial score (nSPS) is 12.4. The summed E-state index contributed by atoms with van der Waals surface area (Å²) < 4.78 is 5.13. The predicted molar refractivity (Wildman–Crippen MR) is 72.0 cm³/mol. The highest BCUT2D eigenvalue weighted by atomic mass is 32.1. The largest absolute Gasteiger partial charge is 0.462 e. The fourth-order valence-corrected chi connectivity index (χ4v) is 2.01. The van der Waals surface area contributed by atoms with Crippen LogP contribution in [0.15, 0.2) is 0 Å². The van der Waals surface area contributed by atoms with E-state index in [0.717, 1.165) is 12.8 Å². The minimum atomic E-state index is -0.193. The Morgan fingerprint density at radius 1 is 1.12 bits per heavy atom. The molecule has 16 heavy (non-hydrogen) atoms. The number of carbonyl (C=O) groups excluding carboxylic acids is 1. The fraction of sp³-hybridized carbons (Fsp3) is 0.923. The Hall–Kier alpha value is -0.180. The molecule has 0 bridgehead atoms. The summed E-state index contributed by atoms with van der Waals surface area (Å²) >= 11 is 4.18. The van der Waals surface area contributed by atoms with Gasteiger partial charge in [0.2, 0.25) is 0 Å². The topological polar surface area (TPSA) is 26.3 Å². The highest BCUT2D eigenvalue weighted by Gasteiger charge is 2.08. The van der Waals surface area contributed by atoms with Crippen LogP contribution in [0.4, 0.5) is 0 Å². The van der Waals surface area contributed by atoms with Crippen LogP contribution in [-0.4, -0.2) is 17.8 Å². The first-order valence-electron chi connectivity index (χ1n) is 6.48. The quantitative estimate of drug-likeness (QED) is 0.358. The van der Waals surface area contributed by atoms with Crippen LogP contribution in [0.25, 0.3) is 0 Å². The van der Waals surface area contributed by atoms with E-state index in [2.05, 4.69) is 19.6 Å². The number of esters is 1. The second-order valence-electron chi connectivity index (χ2n) is 4.32. The molecule has 2 nitrogen and oxygen atoms in total. The summed E-state index contributed by atoms with van der Waals surface area (Å²) in [5.41, 5.74) is 0. The van der Waals surface area contributed by atoms with Crippen LogP contribution in [0.3, 0.4) is 0 Å². The maximum absolute atomic E-state index is 10.8. The molecule has 0 radical (unpaired) electrons. The molecule has 0 amide bonds. The van der Waals surface area contributed by atoms with Gasteiger partial charge in [0.05, 0.1) is 0 Å². The number of hydrogen-bond donors (Lipinski definition) is 1. The van der Waals surface area contributed by atoms with E-state index in [1.165, 1.54) is 45.4 Å². The number of thiol groups is 1. The summed E-state index contributed by atoms with van der Waals surface area (Å²) in [6.45, 7) is 3.69. The molecule has 0 aromatic rings. The van der Waals surface area contributed by atoms with Crippen LogP contribution in [0.1, 0.15) is 65.2 Å². The van der Waals surface area contributed by atoms with Crippen molar-refractivity contribution in [2.24, 2.45) is 0 Å². The standard InChI is InChI=1S/C13H26O2S/c1-3-4-5-6-7-8-9-10-13(11-16)15-12(2)14/h13,16H,3-11H2,1-2H3. The third-order valence-corrected chi connectivity index (χ3v) is 3.07. The Bertz CT molecular complexity index is 171. The van der Waals surface area contributed by atoms with Crippen LogP contribution < -0.4 is 0 Å². The van der Waals surface area contributed by atoms with E-state index >= 15 is 0 Å². The highest BCUT2D eigenvalue weighted by molar-refractivity contribution is 7.80. The Labute approximate surface area is 106 Å². The van der Waals surface area contributed by atoms with E-state index in [-0.39, 0.29) is 12.1 Å². The second kappa shape index (κ2) is 11.3. The van der Waals surface area contributed by atoms with Crippen molar-refractivity contribution in [3.8, 4) is 0 Å². The first-order chi connectivity index (χ1) is 7.70. The van der Waals surface area contributed by atoms with Gasteiger partial charge in [-0.3, -0.25) is 4.79 Å². The molecule has 3 heteroatoms. The van der Waals surface area contributed by atoms with Crippen molar-refractivity contribution in [1.29, 1.82) is 0 Å². The van der Waals surface area contributed by atoms with Gasteiger partial charge in [-0.05, 0) is 12.8 Å². The van der Waals surface area contributed by atoms with Gasteiger partial charge in [0.25, 0.3) is 0 Å². The molecule has 0 aliphatic heterocycles. The SMILES string of the molecule is CCCCCCCCCC(CS)OC(C)=O. The van der Waals surface area contributed by atoms with Crippen molar-refractivity contribution in [3.63, 3.8) is 0 Å². The Balaban J connectivity index is 3.31. The van der Waals surface area contributed by atoms with E-state index in [0.29, 0.717) is 5.75 Å². The van der Waals surface area contributed by atoms with E-state index in [1.807, 2.05) is 0 Å². The van der Waals surface area contributed by atoms with Gasteiger partial charge >= 0.3 is 5.97 Å². The molecule has 0 aliphatic carbocycles. The van der Waals surface area contributed by atoms with Gasteiger partial charge in [0.1, 0.15) is 6.10 Å². The van der Waals surface area contributed by atoms with Crippen LogP contribution in [0, 0.1) is 0 Å². The van der Waals surface area contributed by atoms with Crippen molar-refractivity contribution in [3.05, 3.63) is 0 Å². The van der Waals surface area contributed by atoms with Gasteiger partial charge in [-0.1, -0.05) is 45.4 Å². The number of carbonyl (C=O) groups is 1. The van der Waals surface area contributed by atoms with Gasteiger partial charge < -0.3 is 4.74 Å². The fourth-order valence-electron chi connectivity index (χ4n) is 1.75. The Kier molecular flexibility index (Phi) is 11.2. The maximum Gasteiger partial charge on any atom is 0.302 e. The number of ether oxygens (including phenoxy) is 1. The van der Waals surface area contributed by atoms with E-state index < -0.39 is 0 Å². The minimum Gasteiger partial charge on any atom is -0.462 e. The molecule has 0 saturated heterocycles. The molecule has 1 atom stereocenters. The molecule has 0 spiro atoms. The number of unbranched alkanes of at least 4 members (excludes halogenated alkanes) is 6. The lowest BCUT2D eigenvalue weighted by molar-refractivity contribution is -0.145. The van der Waals surface area contributed by atoms with Crippen molar-refractivity contribution in [1.82, 2.24) is 0 Å². The van der Waals surface area contributed by atoms with Crippen molar-refractivity contribution in [2.45, 2.75) is 71.3 Å². The lowest BCUT2D eigenvalue weighted by atomic mass is 10.1. The molecular weight excluding hydrogens is 220 g/mol. The van der Waals surface area contributed by atoms with Gasteiger partial charge in [0.15, 0.2) is 0 Å². The third-order valence-electron chi connectivity index (χ3n) is 2.67. The molecule has 0 saturated carbocycles. The molecule has 0 N–H and O–H groups in total. The van der Waals surface area contributed by atoms with Gasteiger partial charge in [-0.2, -0.15) is 12.6 Å². The maximum atomic E-state index is 10.8. The van der Waals surface area contributed by atoms with Crippen LogP contribution in [-0.2, 0) is 9.53 Å². The van der Waals surface area contributed by atoms with Crippen molar-refractivity contribution < 1.29 is 9.53 Å². The number of rotatable bonds is 10. The van der Waals surface area contributed by atoms with Crippen molar-refractivity contribution in [2.75, 3.05) is 5.75 Å². The van der Waals surface area contributed by atoms with Crippen LogP contribution in [0.5, 0.6) is 0 Å². The zero-order chi connectivity index (χ0) is 12.2. The van der Waals surface area contributed by atoms with E-state index in [1.54, 1.807) is 0 Å². The zero-order valence-electron chi connectivity index (χ0n) is 10.7. The molecule has 1 unspecified atom stereocenters. The highest BCUT2D eigenvalue weighted by Crippen LogP contribution is 2.12. The van der Waals surface area contributed by atoms with E-state index in [9.17, 15) is 4.79 Å². The molecule has 0 aliphatic rings. The average molecular weight is 246 g/mol. The van der Waals surface area contributed by atoms with Crippen molar-refractivity contribution >= 4 is 18.6 Å². The summed E-state index contributed by atoms with van der Waals surface area (Å²) in [4.78, 5) is 10.8. The monoisotopic (exact) mass is 246 g/mol. The molecule has 0 fully saturated rings. The Morgan fingerprint density at radius 2 is 1.69 bits per heavy atom. The van der Waals surface area contributed by atoms with Gasteiger partial charge in [-0.25, -0.2) is 0 Å². The molecule has 96 valence electrons. The molecule has 0 aromatic heterocycles. The van der Waals surface area contributed by atoms with Crippen LogP contribution >= 0.6 is 12.6 Å². The predicted octanol–water partition coefficient (Wildman–Crippen LogP) is 3.99. The smallest absolute Gasteiger partial charge is 0.302 e. The lowest BCUT2D eigenvalue weighted by Crippen LogP contribution is -2.17. The zero-order valence-corrected chi connectivity index (χ0v) is 11.6. The first kappa shape index (κ1) is 15.8. The minimum absolute atomic E-state index is 0.0106. The molecule has 0 rings (SSSR count). The van der Waals surface area contributed by atoms with Crippen LogP contribution in [0.2, 0.25) is 0 Å². The van der Waals surface area contributed by atoms with Gasteiger partial charge in [-0.15, -0.1) is 0 Å². The van der Waals surface area contributed by atoms with Gasteiger partial charge in [0, 0.05) is 12.7 Å².